The van der Waals surface area contributed by atoms with Crippen LogP contribution >= 0.6 is 26.6 Å². The Morgan fingerprint density at radius 3 is 2.63 bits per heavy atom. The minimum atomic E-state index is -4.27. The lowest BCUT2D eigenvalue weighted by molar-refractivity contribution is 0.0480. The van der Waals surface area contributed by atoms with Gasteiger partial charge in [-0.05, 0) is 30.9 Å². The monoisotopic (exact) mass is 370 g/mol. The molecule has 2 rings (SSSR count). The summed E-state index contributed by atoms with van der Waals surface area (Å²) in [5.41, 5.74) is -0.450. The summed E-state index contributed by atoms with van der Waals surface area (Å²) in [4.78, 5) is 11.0. The van der Waals surface area contributed by atoms with Crippen LogP contribution in [0.25, 0.3) is 0 Å². The summed E-state index contributed by atoms with van der Waals surface area (Å²) in [7, 11) is 0.838. The van der Waals surface area contributed by atoms with Crippen LogP contribution in [-0.2, 0) is 13.8 Å². The molecule has 0 saturated heterocycles. The van der Waals surface area contributed by atoms with Gasteiger partial charge >= 0.3 is 5.97 Å². The number of rotatable bonds is 4. The highest BCUT2D eigenvalue weighted by atomic mass is 79.9. The lowest BCUT2D eigenvalue weighted by atomic mass is 10.2. The molecule has 1 saturated carbocycles. The number of hydrogen-bond donors (Lipinski definition) is 0. The number of benzene rings is 1. The minimum Gasteiger partial charge on any atom is -0.462 e. The zero-order chi connectivity index (χ0) is 14.2. The van der Waals surface area contributed by atoms with Crippen LogP contribution in [0.1, 0.15) is 23.2 Å². The largest absolute Gasteiger partial charge is 0.462 e. The number of esters is 1. The summed E-state index contributed by atoms with van der Waals surface area (Å²) in [6, 6.07) is 2.16. The number of ether oxygens (including phenoxy) is 1. The third-order valence-corrected chi connectivity index (χ3v) is 4.41. The van der Waals surface area contributed by atoms with Crippen molar-refractivity contribution >= 4 is 41.6 Å². The van der Waals surface area contributed by atoms with Crippen molar-refractivity contribution in [3.8, 4) is 0 Å². The molecule has 1 fully saturated rings. The molecule has 0 unspecified atom stereocenters. The first-order valence-electron chi connectivity index (χ1n) is 5.40. The van der Waals surface area contributed by atoms with Crippen LogP contribution in [0.3, 0.4) is 0 Å². The molecule has 4 nitrogen and oxygen atoms in total. The van der Waals surface area contributed by atoms with Gasteiger partial charge in [0.15, 0.2) is 5.82 Å². The Bertz CT molecular complexity index is 628. The summed E-state index contributed by atoms with van der Waals surface area (Å²) >= 11 is 3.00. The van der Waals surface area contributed by atoms with Gasteiger partial charge in [-0.3, -0.25) is 0 Å². The molecule has 0 spiro atoms. The third-order valence-electron chi connectivity index (χ3n) is 2.63. The molecule has 0 aliphatic heterocycles. The fourth-order valence-corrected chi connectivity index (χ4v) is 2.98. The fraction of sp³-hybridized carbons (Fsp3) is 0.364. The lowest BCUT2D eigenvalue weighted by Crippen LogP contribution is -2.11. The third kappa shape index (κ3) is 3.67. The smallest absolute Gasteiger partial charge is 0.341 e. The zero-order valence-corrected chi connectivity index (χ0v) is 12.7. The fourth-order valence-electron chi connectivity index (χ4n) is 1.45. The first-order chi connectivity index (χ1) is 8.79. The van der Waals surface area contributed by atoms with E-state index in [1.54, 1.807) is 0 Å². The van der Waals surface area contributed by atoms with Gasteiger partial charge < -0.3 is 4.74 Å². The van der Waals surface area contributed by atoms with Gasteiger partial charge in [-0.2, -0.15) is 0 Å². The van der Waals surface area contributed by atoms with E-state index < -0.39 is 31.3 Å². The number of carbonyl (C=O) groups excluding carboxylic acids is 1. The van der Waals surface area contributed by atoms with Crippen LogP contribution in [0, 0.1) is 11.7 Å². The van der Waals surface area contributed by atoms with Gasteiger partial charge in [-0.15, -0.1) is 0 Å². The molecule has 0 atom stereocenters. The molecule has 0 heterocycles. The van der Waals surface area contributed by atoms with E-state index in [0.29, 0.717) is 5.92 Å². The first kappa shape index (κ1) is 14.7. The van der Waals surface area contributed by atoms with Crippen LogP contribution in [0.5, 0.6) is 0 Å². The molecule has 1 aromatic carbocycles. The Labute approximate surface area is 122 Å². The van der Waals surface area contributed by atoms with Crippen molar-refractivity contribution in [3.05, 3.63) is 28.0 Å². The van der Waals surface area contributed by atoms with Gasteiger partial charge in [-0.25, -0.2) is 17.6 Å². The summed E-state index contributed by atoms with van der Waals surface area (Å²) < 4.78 is 41.5. The van der Waals surface area contributed by atoms with Crippen molar-refractivity contribution < 1.29 is 22.3 Å². The Balaban J connectivity index is 2.33. The van der Waals surface area contributed by atoms with Crippen LogP contribution in [-0.4, -0.2) is 21.0 Å². The maximum atomic E-state index is 14.0. The maximum absolute atomic E-state index is 14.0. The standard InChI is InChI=1S/C11H9BrClFO4S/c12-7-3-8(11(15)18-5-6-1-2-6)10(14)9(4-7)19(13,16)17/h3-4,6H,1-2,5H2. The molecule has 0 radical (unpaired) electrons. The molecule has 1 aliphatic carbocycles. The molecule has 0 aromatic heterocycles. The van der Waals surface area contributed by atoms with Gasteiger partial charge in [0, 0.05) is 15.2 Å². The van der Waals surface area contributed by atoms with Gasteiger partial charge in [0.05, 0.1) is 12.2 Å². The van der Waals surface area contributed by atoms with Crippen molar-refractivity contribution in [3.63, 3.8) is 0 Å². The minimum absolute atomic E-state index is 0.216. The molecule has 1 aliphatic rings. The van der Waals surface area contributed by atoms with Crippen molar-refractivity contribution in [2.75, 3.05) is 6.61 Å². The summed E-state index contributed by atoms with van der Waals surface area (Å²) in [5.74, 6) is -1.76. The quantitative estimate of drug-likeness (QED) is 0.603. The van der Waals surface area contributed by atoms with E-state index >= 15 is 0 Å². The number of halogens is 3. The van der Waals surface area contributed by atoms with Gasteiger partial charge in [-0.1, -0.05) is 15.9 Å². The predicted octanol–water partition coefficient (Wildman–Crippen LogP) is 3.08. The van der Waals surface area contributed by atoms with Crippen LogP contribution in [0.4, 0.5) is 4.39 Å². The Morgan fingerprint density at radius 2 is 2.11 bits per heavy atom. The second-order valence-electron chi connectivity index (χ2n) is 4.25. The first-order valence-corrected chi connectivity index (χ1v) is 8.50. The molecular weight excluding hydrogens is 363 g/mol. The molecule has 0 amide bonds. The van der Waals surface area contributed by atoms with E-state index in [4.69, 9.17) is 15.4 Å². The topological polar surface area (TPSA) is 60.4 Å². The molecule has 0 N–H and O–H groups in total. The average molecular weight is 372 g/mol. The van der Waals surface area contributed by atoms with E-state index in [0.717, 1.165) is 25.0 Å². The van der Waals surface area contributed by atoms with Gasteiger partial charge in [0.1, 0.15) is 4.90 Å². The highest BCUT2D eigenvalue weighted by molar-refractivity contribution is 9.10. The second kappa shape index (κ2) is 5.38. The summed E-state index contributed by atoms with van der Waals surface area (Å²) in [6.45, 7) is 0.216. The van der Waals surface area contributed by atoms with Gasteiger partial charge in [0.25, 0.3) is 9.05 Å². The van der Waals surface area contributed by atoms with E-state index in [1.165, 1.54) is 0 Å². The number of carbonyl (C=O) groups is 1. The van der Waals surface area contributed by atoms with Gasteiger partial charge in [0.2, 0.25) is 0 Å². The lowest BCUT2D eigenvalue weighted by Gasteiger charge is -2.08. The molecule has 104 valence electrons. The average Bonchev–Trinajstić information content (AvgIpc) is 3.11. The van der Waals surface area contributed by atoms with E-state index in [-0.39, 0.29) is 11.1 Å². The van der Waals surface area contributed by atoms with Crippen molar-refractivity contribution in [1.29, 1.82) is 0 Å². The van der Waals surface area contributed by atoms with Crippen LogP contribution in [0.2, 0.25) is 0 Å². The molecule has 8 heteroatoms. The Kier molecular flexibility index (Phi) is 4.17. The highest BCUT2D eigenvalue weighted by Crippen LogP contribution is 2.30. The zero-order valence-electron chi connectivity index (χ0n) is 9.53. The summed E-state index contributed by atoms with van der Waals surface area (Å²) in [5, 5.41) is 0. The Hall–Kier alpha value is -0.660. The Morgan fingerprint density at radius 1 is 1.47 bits per heavy atom. The normalized spacial score (nSPS) is 15.3. The van der Waals surface area contributed by atoms with E-state index in [9.17, 15) is 17.6 Å². The molecular formula is C11H9BrClFO4S. The molecule has 19 heavy (non-hydrogen) atoms. The number of hydrogen-bond acceptors (Lipinski definition) is 4. The maximum Gasteiger partial charge on any atom is 0.341 e. The van der Waals surface area contributed by atoms with E-state index in [2.05, 4.69) is 15.9 Å². The van der Waals surface area contributed by atoms with Crippen molar-refractivity contribution in [1.82, 2.24) is 0 Å². The predicted molar refractivity (Wildman–Crippen MR) is 70.1 cm³/mol. The second-order valence-corrected chi connectivity index (χ2v) is 7.70. The SMILES string of the molecule is O=C(OCC1CC1)c1cc(Br)cc(S(=O)(=O)Cl)c1F. The van der Waals surface area contributed by atoms with Crippen LogP contribution < -0.4 is 0 Å². The highest BCUT2D eigenvalue weighted by Gasteiger charge is 2.27. The summed E-state index contributed by atoms with van der Waals surface area (Å²) in [6.07, 6.45) is 1.96. The van der Waals surface area contributed by atoms with E-state index in [1.807, 2.05) is 0 Å². The van der Waals surface area contributed by atoms with Crippen molar-refractivity contribution in [2.45, 2.75) is 17.7 Å². The van der Waals surface area contributed by atoms with Crippen LogP contribution in [0.15, 0.2) is 21.5 Å². The molecule has 1 aromatic rings. The van der Waals surface area contributed by atoms with Crippen molar-refractivity contribution in [2.24, 2.45) is 5.92 Å². The molecule has 0 bridgehead atoms.